The van der Waals surface area contributed by atoms with Crippen LogP contribution in [-0.4, -0.2) is 22.8 Å². The van der Waals surface area contributed by atoms with Crippen molar-refractivity contribution in [3.63, 3.8) is 0 Å². The maximum atomic E-state index is 14.5. The average Bonchev–Trinajstić information content (AvgIpc) is 3.25. The van der Waals surface area contributed by atoms with Crippen LogP contribution in [0.1, 0.15) is 59.2 Å². The first-order valence-corrected chi connectivity index (χ1v) is 11.6. The van der Waals surface area contributed by atoms with E-state index in [2.05, 4.69) is 6.07 Å². The summed E-state index contributed by atoms with van der Waals surface area (Å²) in [5, 5.41) is 0. The second-order valence-electron chi connectivity index (χ2n) is 9.12. The first-order chi connectivity index (χ1) is 15.7. The molecule has 1 unspecified atom stereocenters. The lowest BCUT2D eigenvalue weighted by Crippen LogP contribution is -2.53. The van der Waals surface area contributed by atoms with Gasteiger partial charge in [0, 0.05) is 29.3 Å². The minimum atomic E-state index is -1.10. The van der Waals surface area contributed by atoms with E-state index >= 15 is 0 Å². The van der Waals surface area contributed by atoms with Crippen LogP contribution in [0.2, 0.25) is 0 Å². The first-order valence-electron chi connectivity index (χ1n) is 11.6. The van der Waals surface area contributed by atoms with E-state index in [0.717, 1.165) is 48.1 Å². The quantitative estimate of drug-likeness (QED) is 0.577. The number of rotatable bonds is 3. The van der Waals surface area contributed by atoms with Gasteiger partial charge in [0.05, 0.1) is 5.69 Å². The van der Waals surface area contributed by atoms with E-state index in [1.54, 1.807) is 0 Å². The van der Waals surface area contributed by atoms with E-state index in [4.69, 9.17) is 0 Å². The third-order valence-corrected chi connectivity index (χ3v) is 7.40. The molecule has 1 spiro atoms. The number of amides is 2. The molecule has 0 bridgehead atoms. The van der Waals surface area contributed by atoms with Crippen LogP contribution in [0.5, 0.6) is 0 Å². The molecule has 0 saturated heterocycles. The van der Waals surface area contributed by atoms with Gasteiger partial charge in [0.2, 0.25) is 0 Å². The van der Waals surface area contributed by atoms with Gasteiger partial charge in [-0.3, -0.25) is 9.59 Å². The summed E-state index contributed by atoms with van der Waals surface area (Å²) in [6.07, 6.45) is 5.56. The van der Waals surface area contributed by atoms with Gasteiger partial charge in [-0.25, -0.2) is 0 Å². The molecule has 0 radical (unpaired) electrons. The number of carbonyl (C=O) groups excluding carboxylic acids is 2. The van der Waals surface area contributed by atoms with Crippen LogP contribution in [0.4, 0.5) is 5.69 Å². The number of nitrogens with zero attached hydrogens (tertiary/aromatic N) is 2. The van der Waals surface area contributed by atoms with Gasteiger partial charge in [-0.05, 0) is 30.5 Å². The van der Waals surface area contributed by atoms with Gasteiger partial charge in [-0.2, -0.15) is 0 Å². The first kappa shape index (κ1) is 19.3. The summed E-state index contributed by atoms with van der Waals surface area (Å²) in [6.45, 7) is 0.396. The molecule has 4 heteroatoms. The molecule has 1 aliphatic carbocycles. The predicted octanol–water partition coefficient (Wildman–Crippen LogP) is 5.27. The summed E-state index contributed by atoms with van der Waals surface area (Å²) in [5.41, 5.74) is 3.28. The molecule has 4 nitrogen and oxygen atoms in total. The van der Waals surface area contributed by atoms with Crippen LogP contribution in [0.15, 0.2) is 78.9 Å². The number of benzene rings is 3. The molecule has 2 aliphatic heterocycles. The molecule has 3 aromatic carbocycles. The van der Waals surface area contributed by atoms with Crippen LogP contribution in [0.25, 0.3) is 0 Å². The Kier molecular flexibility index (Phi) is 4.42. The summed E-state index contributed by atoms with van der Waals surface area (Å²) < 4.78 is 0. The molecule has 0 aromatic heterocycles. The fourth-order valence-electron chi connectivity index (χ4n) is 6.00. The lowest BCUT2D eigenvalue weighted by atomic mass is 9.83. The number of hydrogen-bond acceptors (Lipinski definition) is 2. The molecule has 0 N–H and O–H groups in total. The molecule has 6 rings (SSSR count). The highest BCUT2D eigenvalue weighted by molar-refractivity contribution is 6.17. The third-order valence-electron chi connectivity index (χ3n) is 7.40. The summed E-state index contributed by atoms with van der Waals surface area (Å²) >= 11 is 0. The Morgan fingerprint density at radius 3 is 2.19 bits per heavy atom. The van der Waals surface area contributed by atoms with Crippen LogP contribution < -0.4 is 4.90 Å². The second kappa shape index (κ2) is 7.33. The van der Waals surface area contributed by atoms with Gasteiger partial charge in [0.15, 0.2) is 5.54 Å². The van der Waals surface area contributed by atoms with Crippen molar-refractivity contribution < 1.29 is 9.59 Å². The maximum absolute atomic E-state index is 14.5. The smallest absolute Gasteiger partial charge is 0.262 e. The molecule has 1 saturated carbocycles. The Labute approximate surface area is 188 Å². The number of para-hydroxylation sites is 1. The highest BCUT2D eigenvalue weighted by Gasteiger charge is 2.62. The Balaban J connectivity index is 1.58. The number of fused-ring (bicyclic) bond motifs is 4. The fourth-order valence-corrected chi connectivity index (χ4v) is 6.00. The van der Waals surface area contributed by atoms with Gasteiger partial charge < -0.3 is 9.80 Å². The van der Waals surface area contributed by atoms with Crippen molar-refractivity contribution in [3.05, 3.63) is 101 Å². The highest BCUT2D eigenvalue weighted by atomic mass is 16.2. The monoisotopic (exact) mass is 422 g/mol. The molecular formula is C28H26N2O2. The standard InChI is InChI=1S/C28H26N2O2/c31-26-22-15-7-8-16-23(22)28(29(26)19-20-11-3-1-4-12-20)24-17-9-10-18-25(24)30(27(28)32)21-13-5-2-6-14-21/h1,3-4,7-12,15-18,21H,2,5-6,13-14,19H2. The molecular weight excluding hydrogens is 396 g/mol. The topological polar surface area (TPSA) is 40.6 Å². The van der Waals surface area contributed by atoms with E-state index in [9.17, 15) is 9.59 Å². The molecule has 32 heavy (non-hydrogen) atoms. The largest absolute Gasteiger partial charge is 0.312 e. The molecule has 1 atom stereocenters. The van der Waals surface area contributed by atoms with Crippen LogP contribution in [-0.2, 0) is 16.9 Å². The molecule has 2 amide bonds. The zero-order valence-electron chi connectivity index (χ0n) is 18.0. The summed E-state index contributed by atoms with van der Waals surface area (Å²) in [5.74, 6) is -0.0436. The zero-order valence-corrected chi connectivity index (χ0v) is 18.0. The van der Waals surface area contributed by atoms with Crippen molar-refractivity contribution >= 4 is 17.5 Å². The Bertz CT molecular complexity index is 1200. The molecule has 160 valence electrons. The zero-order chi connectivity index (χ0) is 21.7. The molecule has 2 heterocycles. The SMILES string of the molecule is O=C1c2ccccc2C2(C(=O)N(C3CCCCC3)c3ccccc32)N1Cc1ccccc1. The van der Waals surface area contributed by atoms with Crippen molar-refractivity contribution in [1.82, 2.24) is 4.90 Å². The minimum absolute atomic E-state index is 0.0276. The van der Waals surface area contributed by atoms with Crippen molar-refractivity contribution in [2.75, 3.05) is 4.90 Å². The Morgan fingerprint density at radius 2 is 1.41 bits per heavy atom. The third kappa shape index (κ3) is 2.56. The van der Waals surface area contributed by atoms with E-state index in [0.29, 0.717) is 12.1 Å². The maximum Gasteiger partial charge on any atom is 0.262 e. The summed E-state index contributed by atoms with van der Waals surface area (Å²) in [7, 11) is 0. The van der Waals surface area contributed by atoms with Gasteiger partial charge in [-0.1, -0.05) is 86.0 Å². The fraction of sp³-hybridized carbons (Fsp3) is 0.286. The van der Waals surface area contributed by atoms with Crippen LogP contribution in [0, 0.1) is 0 Å². The Morgan fingerprint density at radius 1 is 0.750 bits per heavy atom. The van der Waals surface area contributed by atoms with Crippen molar-refractivity contribution in [3.8, 4) is 0 Å². The van der Waals surface area contributed by atoms with E-state index in [-0.39, 0.29) is 17.9 Å². The lowest BCUT2D eigenvalue weighted by molar-refractivity contribution is -0.126. The van der Waals surface area contributed by atoms with Crippen molar-refractivity contribution in [2.24, 2.45) is 0 Å². The number of carbonyl (C=O) groups is 2. The van der Waals surface area contributed by atoms with E-state index in [1.807, 2.05) is 82.6 Å². The molecule has 3 aliphatic rings. The van der Waals surface area contributed by atoms with Crippen LogP contribution >= 0.6 is 0 Å². The Hall–Kier alpha value is -3.40. The molecule has 3 aromatic rings. The number of hydrogen-bond donors (Lipinski definition) is 0. The number of anilines is 1. The van der Waals surface area contributed by atoms with E-state index in [1.165, 1.54) is 6.42 Å². The molecule has 1 fully saturated rings. The predicted molar refractivity (Wildman–Crippen MR) is 124 cm³/mol. The van der Waals surface area contributed by atoms with E-state index < -0.39 is 5.54 Å². The van der Waals surface area contributed by atoms with Crippen molar-refractivity contribution in [1.29, 1.82) is 0 Å². The van der Waals surface area contributed by atoms with Gasteiger partial charge >= 0.3 is 0 Å². The van der Waals surface area contributed by atoms with Crippen LogP contribution in [0.3, 0.4) is 0 Å². The van der Waals surface area contributed by atoms with Gasteiger partial charge in [0.1, 0.15) is 0 Å². The average molecular weight is 423 g/mol. The lowest BCUT2D eigenvalue weighted by Gasteiger charge is -2.37. The van der Waals surface area contributed by atoms with Crippen molar-refractivity contribution in [2.45, 2.75) is 50.2 Å². The summed E-state index contributed by atoms with van der Waals surface area (Å²) in [6, 6.07) is 25.9. The minimum Gasteiger partial charge on any atom is -0.312 e. The second-order valence-corrected chi connectivity index (χ2v) is 9.12. The van der Waals surface area contributed by atoms with Gasteiger partial charge in [-0.15, -0.1) is 0 Å². The highest BCUT2D eigenvalue weighted by Crippen LogP contribution is 2.54. The van der Waals surface area contributed by atoms with Gasteiger partial charge in [0.25, 0.3) is 11.8 Å². The summed E-state index contributed by atoms with van der Waals surface area (Å²) in [4.78, 5) is 32.1. The normalized spacial score (nSPS) is 22.5.